The number of ether oxygens (including phenoxy) is 3. The zero-order valence-corrected chi connectivity index (χ0v) is 19.0. The number of carbonyl (C=O) groups excluding carboxylic acids is 1. The molecule has 0 radical (unpaired) electrons. The largest absolute Gasteiger partial charge is 0.454 e. The van der Waals surface area contributed by atoms with Gasteiger partial charge in [-0.05, 0) is 36.4 Å². The molecule has 3 aromatic heterocycles. The van der Waals surface area contributed by atoms with Crippen LogP contribution in [0, 0.1) is 0 Å². The summed E-state index contributed by atoms with van der Waals surface area (Å²) in [6, 6.07) is 7.14. The van der Waals surface area contributed by atoms with Crippen molar-refractivity contribution in [2.24, 2.45) is 0 Å². The third-order valence-electron chi connectivity index (χ3n) is 5.58. The Morgan fingerprint density at radius 1 is 1.24 bits per heavy atom. The van der Waals surface area contributed by atoms with E-state index in [4.69, 9.17) is 14.2 Å². The number of fused-ring (bicyclic) bond motifs is 4. The molecular formula is C21H19N5O5S2. The molecule has 1 saturated heterocycles. The van der Waals surface area contributed by atoms with Crippen molar-refractivity contribution in [3.05, 3.63) is 40.0 Å². The number of hydrogen-bond acceptors (Lipinski definition) is 9. The average molecular weight is 486 g/mol. The second-order valence-corrected chi connectivity index (χ2v) is 9.57. The number of anilines is 1. The lowest BCUT2D eigenvalue weighted by Crippen LogP contribution is -2.28. The second-order valence-electron chi connectivity index (χ2n) is 7.71. The van der Waals surface area contributed by atoms with Gasteiger partial charge in [0.1, 0.15) is 4.70 Å². The molecule has 12 heteroatoms. The van der Waals surface area contributed by atoms with E-state index in [-0.39, 0.29) is 30.1 Å². The van der Waals surface area contributed by atoms with Crippen molar-refractivity contribution in [2.45, 2.75) is 30.6 Å². The number of aromatic nitrogens is 4. The standard InChI is InChI=1S/C21H19N5O5S2/c27-17(22-12-3-4-15-16(8-12)31-11-30-15)10-33-21-24-23-20-25(9-13-2-1-6-29-13)19(28)18-14(26(20)21)5-7-32-18/h3-5,7-8,13H,1-2,6,9-11H2,(H,22,27)/t13-/m1/s1. The molecule has 0 bridgehead atoms. The minimum Gasteiger partial charge on any atom is -0.454 e. The Hall–Kier alpha value is -3.09. The average Bonchev–Trinajstić information content (AvgIpc) is 3.60. The van der Waals surface area contributed by atoms with Crippen LogP contribution >= 0.6 is 23.1 Å². The van der Waals surface area contributed by atoms with Gasteiger partial charge < -0.3 is 19.5 Å². The van der Waals surface area contributed by atoms with Gasteiger partial charge in [0, 0.05) is 18.4 Å². The molecule has 0 saturated carbocycles. The van der Waals surface area contributed by atoms with Crippen molar-refractivity contribution in [2.75, 3.05) is 24.5 Å². The maximum Gasteiger partial charge on any atom is 0.272 e. The molecule has 0 spiro atoms. The Morgan fingerprint density at radius 3 is 3.03 bits per heavy atom. The number of benzene rings is 1. The maximum absolute atomic E-state index is 13.1. The van der Waals surface area contributed by atoms with Gasteiger partial charge >= 0.3 is 0 Å². The predicted octanol–water partition coefficient (Wildman–Crippen LogP) is 2.74. The molecule has 1 N–H and O–H groups in total. The van der Waals surface area contributed by atoms with E-state index in [1.807, 2.05) is 15.8 Å². The fourth-order valence-corrected chi connectivity index (χ4v) is 5.62. The molecule has 1 aromatic carbocycles. The molecule has 0 unspecified atom stereocenters. The number of thioether (sulfide) groups is 1. The number of rotatable bonds is 6. The quantitative estimate of drug-likeness (QED) is 0.415. The molecule has 2 aliphatic heterocycles. The van der Waals surface area contributed by atoms with Crippen molar-refractivity contribution < 1.29 is 19.0 Å². The van der Waals surface area contributed by atoms with Gasteiger partial charge in [-0.1, -0.05) is 11.8 Å². The van der Waals surface area contributed by atoms with E-state index in [1.54, 1.807) is 22.8 Å². The summed E-state index contributed by atoms with van der Waals surface area (Å²) in [7, 11) is 0. The Bertz CT molecular complexity index is 1420. The SMILES string of the molecule is O=C(CSc1nnc2n(C[C@H]3CCCO3)c(=O)c3sccc3n12)Nc1ccc2c(c1)OCO2. The van der Waals surface area contributed by atoms with E-state index in [1.165, 1.54) is 23.1 Å². The fourth-order valence-electron chi connectivity index (χ4n) is 4.05. The molecular weight excluding hydrogens is 466 g/mol. The van der Waals surface area contributed by atoms with Crippen LogP contribution < -0.4 is 20.3 Å². The van der Waals surface area contributed by atoms with Gasteiger partial charge in [0.25, 0.3) is 5.56 Å². The Kier molecular flexibility index (Phi) is 5.19. The van der Waals surface area contributed by atoms with Crippen LogP contribution in [0.3, 0.4) is 0 Å². The molecule has 170 valence electrons. The van der Waals surface area contributed by atoms with Crippen LogP contribution in [0.1, 0.15) is 12.8 Å². The van der Waals surface area contributed by atoms with Crippen LogP contribution in [0.2, 0.25) is 0 Å². The molecule has 10 nitrogen and oxygen atoms in total. The van der Waals surface area contributed by atoms with Crippen molar-refractivity contribution in [1.82, 2.24) is 19.2 Å². The summed E-state index contributed by atoms with van der Waals surface area (Å²) in [5.74, 6) is 1.66. The van der Waals surface area contributed by atoms with Crippen LogP contribution in [0.4, 0.5) is 5.69 Å². The normalized spacial score (nSPS) is 17.3. The van der Waals surface area contributed by atoms with Gasteiger partial charge in [-0.2, -0.15) is 0 Å². The van der Waals surface area contributed by atoms with E-state index < -0.39 is 0 Å². The highest BCUT2D eigenvalue weighted by Gasteiger charge is 2.23. The molecule has 4 aromatic rings. The lowest BCUT2D eigenvalue weighted by atomic mass is 10.2. The van der Waals surface area contributed by atoms with E-state index in [9.17, 15) is 9.59 Å². The Labute approximate surface area is 195 Å². The summed E-state index contributed by atoms with van der Waals surface area (Å²) in [5.41, 5.74) is 1.28. The van der Waals surface area contributed by atoms with Gasteiger partial charge in [-0.15, -0.1) is 21.5 Å². The van der Waals surface area contributed by atoms with E-state index >= 15 is 0 Å². The number of nitrogens with one attached hydrogen (secondary N) is 1. The van der Waals surface area contributed by atoms with Gasteiger partial charge in [0.05, 0.1) is 23.9 Å². The molecule has 1 amide bonds. The van der Waals surface area contributed by atoms with Crippen LogP contribution in [-0.2, 0) is 16.1 Å². The summed E-state index contributed by atoms with van der Waals surface area (Å²) < 4.78 is 20.5. The van der Waals surface area contributed by atoms with Gasteiger partial charge in [-0.3, -0.25) is 18.6 Å². The molecule has 5 heterocycles. The zero-order valence-electron chi connectivity index (χ0n) is 17.4. The Morgan fingerprint density at radius 2 is 2.15 bits per heavy atom. The first kappa shape index (κ1) is 20.5. The first-order chi connectivity index (χ1) is 16.2. The zero-order chi connectivity index (χ0) is 22.4. The topological polar surface area (TPSA) is 109 Å². The summed E-state index contributed by atoms with van der Waals surface area (Å²) >= 11 is 2.65. The molecule has 2 aliphatic rings. The molecule has 0 aliphatic carbocycles. The number of nitrogens with zero attached hydrogens (tertiary/aromatic N) is 4. The fraction of sp³-hybridized carbons (Fsp3) is 0.333. The smallest absolute Gasteiger partial charge is 0.272 e. The monoisotopic (exact) mass is 485 g/mol. The van der Waals surface area contributed by atoms with Gasteiger partial charge in [0.15, 0.2) is 16.7 Å². The highest BCUT2D eigenvalue weighted by Crippen LogP contribution is 2.34. The second kappa shape index (κ2) is 8.36. The Balaban J connectivity index is 1.26. The highest BCUT2D eigenvalue weighted by atomic mass is 32.2. The minimum atomic E-state index is -0.190. The summed E-state index contributed by atoms with van der Waals surface area (Å²) in [6.45, 7) is 1.32. The third-order valence-corrected chi connectivity index (χ3v) is 7.40. The first-order valence-electron chi connectivity index (χ1n) is 10.5. The first-order valence-corrected chi connectivity index (χ1v) is 12.3. The van der Waals surface area contributed by atoms with Crippen LogP contribution in [-0.4, -0.2) is 50.3 Å². The number of carbonyl (C=O) groups is 1. The van der Waals surface area contributed by atoms with E-state index in [0.29, 0.717) is 46.0 Å². The van der Waals surface area contributed by atoms with Crippen molar-refractivity contribution >= 4 is 50.7 Å². The number of amides is 1. The van der Waals surface area contributed by atoms with Crippen molar-refractivity contribution in [3.8, 4) is 11.5 Å². The lowest BCUT2D eigenvalue weighted by Gasteiger charge is -2.13. The molecule has 33 heavy (non-hydrogen) atoms. The summed E-state index contributed by atoms with van der Waals surface area (Å²) in [5, 5.41) is 13.9. The van der Waals surface area contributed by atoms with E-state index in [0.717, 1.165) is 18.4 Å². The van der Waals surface area contributed by atoms with Crippen LogP contribution in [0.5, 0.6) is 11.5 Å². The summed E-state index contributed by atoms with van der Waals surface area (Å²) in [6.07, 6.45) is 1.89. The predicted molar refractivity (Wildman–Crippen MR) is 124 cm³/mol. The molecule has 1 fully saturated rings. The minimum absolute atomic E-state index is 0.0100. The van der Waals surface area contributed by atoms with Crippen LogP contribution in [0.25, 0.3) is 16.0 Å². The van der Waals surface area contributed by atoms with Crippen LogP contribution in [0.15, 0.2) is 39.6 Å². The third kappa shape index (κ3) is 3.73. The van der Waals surface area contributed by atoms with Gasteiger partial charge in [-0.25, -0.2) is 0 Å². The highest BCUT2D eigenvalue weighted by molar-refractivity contribution is 7.99. The molecule has 6 rings (SSSR count). The number of thiophene rings is 1. The molecule has 1 atom stereocenters. The van der Waals surface area contributed by atoms with Crippen molar-refractivity contribution in [1.29, 1.82) is 0 Å². The van der Waals surface area contributed by atoms with E-state index in [2.05, 4.69) is 15.5 Å². The maximum atomic E-state index is 13.1. The lowest BCUT2D eigenvalue weighted by molar-refractivity contribution is -0.113. The summed E-state index contributed by atoms with van der Waals surface area (Å²) in [4.78, 5) is 25.7. The number of hydrogen-bond donors (Lipinski definition) is 1. The van der Waals surface area contributed by atoms with Gasteiger partial charge in [0.2, 0.25) is 18.5 Å². The van der Waals surface area contributed by atoms with Crippen molar-refractivity contribution in [3.63, 3.8) is 0 Å².